The molecule has 2 nitrogen and oxygen atoms in total. The molecule has 0 radical (unpaired) electrons. The van der Waals surface area contributed by atoms with Crippen LogP contribution in [0.2, 0.25) is 0 Å². The van der Waals surface area contributed by atoms with Gasteiger partial charge in [-0.25, -0.2) is 0 Å². The van der Waals surface area contributed by atoms with E-state index >= 15 is 0 Å². The Balaban J connectivity index is 2.87. The lowest BCUT2D eigenvalue weighted by atomic mass is 9.91. The van der Waals surface area contributed by atoms with Gasteiger partial charge in [-0.15, -0.1) is 0 Å². The molecule has 0 fully saturated rings. The van der Waals surface area contributed by atoms with Crippen molar-refractivity contribution in [2.45, 2.75) is 20.3 Å². The van der Waals surface area contributed by atoms with Crippen LogP contribution in [0.5, 0.6) is 0 Å². The molecule has 78 valence electrons. The van der Waals surface area contributed by atoms with E-state index in [0.717, 1.165) is 12.0 Å². The smallest absolute Gasteiger partial charge is 0.120 e. The molecular formula is C12H19NO. The standard InChI is InChI=1S/C12H19NO/c1-9(2)10-5-6-12(14)11(7-10)8-13(3)4/h5-6,8-9,14H,7H2,1-4H3. The summed E-state index contributed by atoms with van der Waals surface area (Å²) in [4.78, 5) is 1.96. The van der Waals surface area contributed by atoms with Crippen LogP contribution in [0.4, 0.5) is 0 Å². The van der Waals surface area contributed by atoms with Gasteiger partial charge in [0, 0.05) is 25.9 Å². The Hall–Kier alpha value is -1.18. The van der Waals surface area contributed by atoms with Crippen molar-refractivity contribution in [2.75, 3.05) is 14.1 Å². The topological polar surface area (TPSA) is 23.5 Å². The van der Waals surface area contributed by atoms with Gasteiger partial charge in [-0.1, -0.05) is 25.5 Å². The van der Waals surface area contributed by atoms with E-state index in [-0.39, 0.29) is 0 Å². The molecule has 0 spiro atoms. The summed E-state index contributed by atoms with van der Waals surface area (Å²) < 4.78 is 0. The Morgan fingerprint density at radius 2 is 2.00 bits per heavy atom. The third-order valence-corrected chi connectivity index (χ3v) is 2.33. The Morgan fingerprint density at radius 3 is 2.50 bits per heavy atom. The molecule has 0 saturated heterocycles. The second-order valence-electron chi connectivity index (χ2n) is 4.24. The first-order valence-electron chi connectivity index (χ1n) is 4.98. The van der Waals surface area contributed by atoms with Crippen molar-refractivity contribution in [3.8, 4) is 0 Å². The number of allylic oxidation sites excluding steroid dienone is 4. The number of nitrogens with zero attached hydrogens (tertiary/aromatic N) is 1. The maximum Gasteiger partial charge on any atom is 0.120 e. The highest BCUT2D eigenvalue weighted by Crippen LogP contribution is 2.27. The molecule has 0 aromatic heterocycles. The third kappa shape index (κ3) is 2.66. The number of rotatable bonds is 2. The van der Waals surface area contributed by atoms with Crippen LogP contribution < -0.4 is 0 Å². The molecule has 0 bridgehead atoms. The van der Waals surface area contributed by atoms with Crippen LogP contribution in [0, 0.1) is 5.92 Å². The van der Waals surface area contributed by atoms with Gasteiger partial charge < -0.3 is 10.0 Å². The molecule has 0 heterocycles. The Morgan fingerprint density at radius 1 is 1.36 bits per heavy atom. The number of aliphatic hydroxyl groups is 1. The predicted octanol–water partition coefficient (Wildman–Crippen LogP) is 2.86. The van der Waals surface area contributed by atoms with Gasteiger partial charge in [0.25, 0.3) is 0 Å². The zero-order valence-corrected chi connectivity index (χ0v) is 9.41. The molecule has 0 aliphatic heterocycles. The fourth-order valence-electron chi connectivity index (χ4n) is 1.48. The molecule has 0 amide bonds. The van der Waals surface area contributed by atoms with Crippen molar-refractivity contribution in [1.29, 1.82) is 0 Å². The highest BCUT2D eigenvalue weighted by atomic mass is 16.3. The lowest BCUT2D eigenvalue weighted by molar-refractivity contribution is 0.412. The second-order valence-corrected chi connectivity index (χ2v) is 4.24. The summed E-state index contributed by atoms with van der Waals surface area (Å²) in [5.41, 5.74) is 2.37. The zero-order chi connectivity index (χ0) is 10.7. The van der Waals surface area contributed by atoms with Crippen molar-refractivity contribution in [3.05, 3.63) is 35.3 Å². The van der Waals surface area contributed by atoms with E-state index in [0.29, 0.717) is 11.7 Å². The largest absolute Gasteiger partial charge is 0.508 e. The minimum atomic E-state index is 0.392. The summed E-state index contributed by atoms with van der Waals surface area (Å²) in [6, 6.07) is 0. The van der Waals surface area contributed by atoms with Gasteiger partial charge in [0.05, 0.1) is 0 Å². The summed E-state index contributed by atoms with van der Waals surface area (Å²) in [6.45, 7) is 4.35. The van der Waals surface area contributed by atoms with Gasteiger partial charge in [0.15, 0.2) is 0 Å². The van der Waals surface area contributed by atoms with Crippen LogP contribution in [0.15, 0.2) is 35.3 Å². The van der Waals surface area contributed by atoms with Crippen molar-refractivity contribution in [2.24, 2.45) is 5.92 Å². The Kier molecular flexibility index (Phi) is 3.39. The minimum absolute atomic E-state index is 0.392. The maximum absolute atomic E-state index is 9.64. The average molecular weight is 193 g/mol. The molecule has 0 aromatic carbocycles. The van der Waals surface area contributed by atoms with E-state index in [2.05, 4.69) is 13.8 Å². The SMILES string of the molecule is CC(C)C1=CC=C(O)C(=CN(C)C)C1. The minimum Gasteiger partial charge on any atom is -0.508 e. The van der Waals surface area contributed by atoms with Crippen LogP contribution in [0.25, 0.3) is 0 Å². The lowest BCUT2D eigenvalue weighted by Crippen LogP contribution is -2.08. The van der Waals surface area contributed by atoms with E-state index < -0.39 is 0 Å². The summed E-state index contributed by atoms with van der Waals surface area (Å²) >= 11 is 0. The van der Waals surface area contributed by atoms with E-state index in [4.69, 9.17) is 0 Å². The molecule has 1 aliphatic carbocycles. The van der Waals surface area contributed by atoms with Crippen LogP contribution in [-0.2, 0) is 0 Å². The van der Waals surface area contributed by atoms with Gasteiger partial charge in [-0.2, -0.15) is 0 Å². The van der Waals surface area contributed by atoms with Gasteiger partial charge in [0.1, 0.15) is 5.76 Å². The molecule has 0 aromatic rings. The Bertz CT molecular complexity index is 295. The van der Waals surface area contributed by atoms with Gasteiger partial charge in [-0.05, 0) is 18.4 Å². The van der Waals surface area contributed by atoms with Crippen molar-refractivity contribution >= 4 is 0 Å². The fourth-order valence-corrected chi connectivity index (χ4v) is 1.48. The predicted molar refractivity (Wildman–Crippen MR) is 60.0 cm³/mol. The normalized spacial score (nSPS) is 19.6. The van der Waals surface area contributed by atoms with Crippen molar-refractivity contribution in [3.63, 3.8) is 0 Å². The van der Waals surface area contributed by atoms with Crippen LogP contribution in [0.1, 0.15) is 20.3 Å². The zero-order valence-electron chi connectivity index (χ0n) is 9.41. The van der Waals surface area contributed by atoms with Gasteiger partial charge in [-0.3, -0.25) is 0 Å². The highest BCUT2D eigenvalue weighted by molar-refractivity contribution is 5.38. The van der Waals surface area contributed by atoms with Crippen LogP contribution >= 0.6 is 0 Å². The van der Waals surface area contributed by atoms with E-state index in [1.165, 1.54) is 5.57 Å². The lowest BCUT2D eigenvalue weighted by Gasteiger charge is -2.19. The highest BCUT2D eigenvalue weighted by Gasteiger charge is 2.13. The molecule has 1 N–H and O–H groups in total. The molecule has 0 atom stereocenters. The average Bonchev–Trinajstić information content (AvgIpc) is 2.07. The molecule has 0 saturated carbocycles. The van der Waals surface area contributed by atoms with Crippen molar-refractivity contribution < 1.29 is 5.11 Å². The molecule has 14 heavy (non-hydrogen) atoms. The number of hydrogen-bond acceptors (Lipinski definition) is 2. The first-order valence-corrected chi connectivity index (χ1v) is 4.98. The number of hydrogen-bond donors (Lipinski definition) is 1. The monoisotopic (exact) mass is 193 g/mol. The molecule has 2 heteroatoms. The van der Waals surface area contributed by atoms with E-state index in [1.54, 1.807) is 6.08 Å². The summed E-state index contributed by atoms with van der Waals surface area (Å²) in [6.07, 6.45) is 6.64. The summed E-state index contributed by atoms with van der Waals surface area (Å²) in [7, 11) is 3.93. The number of aliphatic hydroxyl groups excluding tert-OH is 1. The van der Waals surface area contributed by atoms with Crippen molar-refractivity contribution in [1.82, 2.24) is 4.90 Å². The molecule has 0 unspecified atom stereocenters. The second kappa shape index (κ2) is 4.36. The maximum atomic E-state index is 9.64. The van der Waals surface area contributed by atoms with Crippen LogP contribution in [-0.4, -0.2) is 24.1 Å². The van der Waals surface area contributed by atoms with Gasteiger partial charge in [0.2, 0.25) is 0 Å². The summed E-state index contributed by atoms with van der Waals surface area (Å²) in [5.74, 6) is 0.938. The van der Waals surface area contributed by atoms with Crippen LogP contribution in [0.3, 0.4) is 0 Å². The molecule has 1 aliphatic rings. The first kappa shape index (κ1) is 10.9. The molecular weight excluding hydrogens is 174 g/mol. The van der Waals surface area contributed by atoms with E-state index in [9.17, 15) is 5.11 Å². The van der Waals surface area contributed by atoms with Gasteiger partial charge >= 0.3 is 0 Å². The Labute approximate surface area is 86.2 Å². The summed E-state index contributed by atoms with van der Waals surface area (Å²) in [5, 5.41) is 9.64. The van der Waals surface area contributed by atoms with E-state index in [1.807, 2.05) is 31.3 Å². The fraction of sp³-hybridized carbons (Fsp3) is 0.500. The third-order valence-electron chi connectivity index (χ3n) is 2.33. The quantitative estimate of drug-likeness (QED) is 0.729. The first-order chi connectivity index (χ1) is 6.50. The molecule has 1 rings (SSSR count).